The van der Waals surface area contributed by atoms with Crippen LogP contribution in [0.5, 0.6) is 0 Å². The van der Waals surface area contributed by atoms with Crippen molar-refractivity contribution in [2.24, 2.45) is 24.6 Å². The first-order chi connectivity index (χ1) is 11.5. The Kier molecular flexibility index (Phi) is 6.53. The second kappa shape index (κ2) is 8.11. The zero-order valence-corrected chi connectivity index (χ0v) is 16.8. The van der Waals surface area contributed by atoms with Crippen LogP contribution in [0.15, 0.2) is 12.3 Å². The predicted molar refractivity (Wildman–Crippen MR) is 107 cm³/mol. The van der Waals surface area contributed by atoms with Gasteiger partial charge < -0.3 is 11.1 Å². The molecule has 0 spiro atoms. The molecule has 6 nitrogen and oxygen atoms in total. The molecule has 2 fully saturated rings. The van der Waals surface area contributed by atoms with Gasteiger partial charge >= 0.3 is 0 Å². The number of aromatic nitrogens is 3. The van der Waals surface area contributed by atoms with Gasteiger partial charge in [0.1, 0.15) is 0 Å². The third-order valence-electron chi connectivity index (χ3n) is 5.75. The molecule has 2 bridgehead atoms. The van der Waals surface area contributed by atoms with E-state index >= 15 is 0 Å². The number of carbonyl (C=O) groups excluding carboxylic acids is 1. The molecule has 4 rings (SSSR count). The standard InChI is InChI=1S/C18H25N5O.2ClH/c1-10-6-14(15-9-20-23(2)17(15)21-10)18(24)22-16-11-4-3-5-12(16)8-13(19)7-11;;/h6,9,11-13,16H,3-5,7-8,19H2,1-2H3,(H,22,24);2*1H. The third kappa shape index (κ3) is 3.68. The van der Waals surface area contributed by atoms with Gasteiger partial charge in [-0.2, -0.15) is 5.10 Å². The Hall–Kier alpha value is -1.37. The fraction of sp³-hybridized carbons (Fsp3) is 0.611. The lowest BCUT2D eigenvalue weighted by Gasteiger charge is -2.45. The molecule has 2 aromatic rings. The molecule has 0 saturated heterocycles. The Morgan fingerprint density at radius 1 is 1.27 bits per heavy atom. The monoisotopic (exact) mass is 399 g/mol. The molecule has 0 aromatic carbocycles. The van der Waals surface area contributed by atoms with E-state index in [0.717, 1.165) is 29.6 Å². The van der Waals surface area contributed by atoms with Crippen LogP contribution < -0.4 is 11.1 Å². The van der Waals surface area contributed by atoms with E-state index in [4.69, 9.17) is 5.73 Å². The van der Waals surface area contributed by atoms with E-state index < -0.39 is 0 Å². The number of hydrogen-bond acceptors (Lipinski definition) is 4. The molecule has 1 amide bonds. The number of nitrogens with one attached hydrogen (secondary N) is 1. The number of aryl methyl sites for hydroxylation is 2. The lowest BCUT2D eigenvalue weighted by Crippen LogP contribution is -2.53. The quantitative estimate of drug-likeness (QED) is 0.812. The highest BCUT2D eigenvalue weighted by Crippen LogP contribution is 2.39. The minimum absolute atomic E-state index is 0. The van der Waals surface area contributed by atoms with Gasteiger partial charge in [0.05, 0.1) is 17.1 Å². The van der Waals surface area contributed by atoms with E-state index in [1.165, 1.54) is 19.3 Å². The van der Waals surface area contributed by atoms with Gasteiger partial charge in [-0.25, -0.2) is 4.98 Å². The topological polar surface area (TPSA) is 85.8 Å². The largest absolute Gasteiger partial charge is 0.349 e. The first-order valence-electron chi connectivity index (χ1n) is 8.88. The molecule has 8 heteroatoms. The van der Waals surface area contributed by atoms with Crippen molar-refractivity contribution in [3.8, 4) is 0 Å². The fourth-order valence-corrected chi connectivity index (χ4v) is 4.68. The van der Waals surface area contributed by atoms with Gasteiger partial charge in [0.25, 0.3) is 5.91 Å². The molecule has 2 atom stereocenters. The summed E-state index contributed by atoms with van der Waals surface area (Å²) in [6.07, 6.45) is 7.39. The zero-order chi connectivity index (χ0) is 16.8. The number of rotatable bonds is 2. The van der Waals surface area contributed by atoms with E-state index in [0.29, 0.717) is 23.4 Å². The summed E-state index contributed by atoms with van der Waals surface area (Å²) in [5, 5.41) is 8.40. The van der Waals surface area contributed by atoms with E-state index in [1.54, 1.807) is 10.9 Å². The molecule has 2 saturated carbocycles. The first-order valence-corrected chi connectivity index (χ1v) is 8.88. The molecule has 26 heavy (non-hydrogen) atoms. The van der Waals surface area contributed by atoms with Gasteiger partial charge in [-0.05, 0) is 50.5 Å². The number of halogens is 2. The van der Waals surface area contributed by atoms with Gasteiger partial charge in [-0.15, -0.1) is 24.8 Å². The van der Waals surface area contributed by atoms with Crippen LogP contribution in [0.25, 0.3) is 11.0 Å². The zero-order valence-electron chi connectivity index (χ0n) is 15.1. The highest BCUT2D eigenvalue weighted by atomic mass is 35.5. The summed E-state index contributed by atoms with van der Waals surface area (Å²) in [5.74, 6) is 1.03. The lowest BCUT2D eigenvalue weighted by atomic mass is 9.67. The normalized spacial score (nSPS) is 27.3. The van der Waals surface area contributed by atoms with E-state index in [-0.39, 0.29) is 36.8 Å². The highest BCUT2D eigenvalue weighted by Gasteiger charge is 2.40. The number of hydrogen-bond donors (Lipinski definition) is 2. The minimum Gasteiger partial charge on any atom is -0.349 e. The van der Waals surface area contributed by atoms with Crippen LogP contribution in [-0.2, 0) is 7.05 Å². The third-order valence-corrected chi connectivity index (χ3v) is 5.75. The molecule has 0 radical (unpaired) electrons. The molecule has 144 valence electrons. The SMILES string of the molecule is Cc1cc(C(=O)NC2C3CCCC2CC(N)C3)c2cnn(C)c2n1.Cl.Cl. The lowest BCUT2D eigenvalue weighted by molar-refractivity contribution is 0.0757. The van der Waals surface area contributed by atoms with Crippen LogP contribution in [0.3, 0.4) is 0 Å². The van der Waals surface area contributed by atoms with E-state index in [1.807, 2.05) is 20.0 Å². The molecular formula is C18H27Cl2N5O. The minimum atomic E-state index is -0.00382. The van der Waals surface area contributed by atoms with Crippen molar-refractivity contribution in [1.29, 1.82) is 0 Å². The summed E-state index contributed by atoms with van der Waals surface area (Å²) >= 11 is 0. The van der Waals surface area contributed by atoms with E-state index in [2.05, 4.69) is 15.4 Å². The molecule has 2 aliphatic carbocycles. The van der Waals surface area contributed by atoms with Crippen LogP contribution in [0, 0.1) is 18.8 Å². The molecule has 2 aliphatic rings. The fourth-order valence-electron chi connectivity index (χ4n) is 4.68. The maximum Gasteiger partial charge on any atom is 0.252 e. The van der Waals surface area contributed by atoms with E-state index in [9.17, 15) is 4.79 Å². The summed E-state index contributed by atoms with van der Waals surface area (Å²) < 4.78 is 1.72. The van der Waals surface area contributed by atoms with Gasteiger partial charge in [0.2, 0.25) is 0 Å². The maximum absolute atomic E-state index is 13.0. The Bertz CT molecular complexity index is 779. The second-order valence-electron chi connectivity index (χ2n) is 7.50. The van der Waals surface area contributed by atoms with Gasteiger partial charge in [-0.1, -0.05) is 6.42 Å². The van der Waals surface area contributed by atoms with Crippen molar-refractivity contribution in [3.63, 3.8) is 0 Å². The van der Waals surface area contributed by atoms with Gasteiger partial charge in [0, 0.05) is 24.8 Å². The van der Waals surface area contributed by atoms with Crippen molar-refractivity contribution in [3.05, 3.63) is 23.5 Å². The summed E-state index contributed by atoms with van der Waals surface area (Å²) in [6.45, 7) is 1.91. The molecule has 3 N–H and O–H groups in total. The van der Waals surface area contributed by atoms with Crippen LogP contribution in [0.1, 0.15) is 48.2 Å². The van der Waals surface area contributed by atoms with Gasteiger partial charge in [0.15, 0.2) is 5.65 Å². The molecule has 2 heterocycles. The average Bonchev–Trinajstić information content (AvgIpc) is 2.88. The van der Waals surface area contributed by atoms with Gasteiger partial charge in [-0.3, -0.25) is 9.48 Å². The summed E-state index contributed by atoms with van der Waals surface area (Å²) in [6, 6.07) is 2.41. The van der Waals surface area contributed by atoms with Crippen molar-refractivity contribution in [2.75, 3.05) is 0 Å². The number of amides is 1. The van der Waals surface area contributed by atoms with Crippen LogP contribution >= 0.6 is 24.8 Å². The summed E-state index contributed by atoms with van der Waals surface area (Å²) in [5.41, 5.74) is 8.46. The van der Waals surface area contributed by atoms with Crippen molar-refractivity contribution < 1.29 is 4.79 Å². The second-order valence-corrected chi connectivity index (χ2v) is 7.50. The Labute approximate surface area is 166 Å². The maximum atomic E-state index is 13.0. The Balaban J connectivity index is 0.00000121. The number of nitrogens with two attached hydrogens (primary N) is 1. The Morgan fingerprint density at radius 3 is 2.58 bits per heavy atom. The van der Waals surface area contributed by atoms with Crippen molar-refractivity contribution >= 4 is 41.8 Å². The number of fused-ring (bicyclic) bond motifs is 3. The van der Waals surface area contributed by atoms with Crippen LogP contribution in [0.4, 0.5) is 0 Å². The molecule has 2 aromatic heterocycles. The summed E-state index contributed by atoms with van der Waals surface area (Å²) in [7, 11) is 1.85. The molecule has 2 unspecified atom stereocenters. The number of pyridine rings is 1. The molecular weight excluding hydrogens is 373 g/mol. The molecule has 0 aliphatic heterocycles. The van der Waals surface area contributed by atoms with Crippen LogP contribution in [0.2, 0.25) is 0 Å². The predicted octanol–water partition coefficient (Wildman–Crippen LogP) is 2.76. The highest BCUT2D eigenvalue weighted by molar-refractivity contribution is 6.05. The number of carbonyl (C=O) groups is 1. The van der Waals surface area contributed by atoms with Crippen molar-refractivity contribution in [2.45, 2.75) is 51.1 Å². The summed E-state index contributed by atoms with van der Waals surface area (Å²) in [4.78, 5) is 17.5. The average molecular weight is 400 g/mol. The number of nitrogens with zero attached hydrogens (tertiary/aromatic N) is 3. The first kappa shape index (κ1) is 20.9. The van der Waals surface area contributed by atoms with Crippen molar-refractivity contribution in [1.82, 2.24) is 20.1 Å². The van der Waals surface area contributed by atoms with Crippen LogP contribution in [-0.4, -0.2) is 32.8 Å². The smallest absolute Gasteiger partial charge is 0.252 e. The Morgan fingerprint density at radius 2 is 1.92 bits per heavy atom.